The van der Waals surface area contributed by atoms with Gasteiger partial charge in [0, 0.05) is 51.3 Å². The predicted octanol–water partition coefficient (Wildman–Crippen LogP) is 2.10. The molecule has 1 fully saturated rings. The summed E-state index contributed by atoms with van der Waals surface area (Å²) in [5.41, 5.74) is 0.530. The highest BCUT2D eigenvalue weighted by Crippen LogP contribution is 2.22. The number of piperidine rings is 1. The number of benzene rings is 1. The number of nitrogens with one attached hydrogen (secondary N) is 1. The van der Waals surface area contributed by atoms with Gasteiger partial charge in [-0.25, -0.2) is 9.37 Å². The average Bonchev–Trinajstić information content (AvgIpc) is 2.97. The minimum atomic E-state index is -0.352. The quantitative estimate of drug-likeness (QED) is 0.893. The van der Waals surface area contributed by atoms with Crippen LogP contribution in [0.25, 0.3) is 0 Å². The van der Waals surface area contributed by atoms with Crippen LogP contribution < -0.4 is 10.1 Å². The van der Waals surface area contributed by atoms with Gasteiger partial charge in [0.05, 0.1) is 6.61 Å². The van der Waals surface area contributed by atoms with Gasteiger partial charge in [-0.3, -0.25) is 4.79 Å². The first-order valence-corrected chi connectivity index (χ1v) is 9.64. The molecule has 3 heterocycles. The maximum Gasteiger partial charge on any atom is 0.274 e. The van der Waals surface area contributed by atoms with E-state index in [0.717, 1.165) is 51.3 Å². The van der Waals surface area contributed by atoms with Gasteiger partial charge in [0.25, 0.3) is 5.91 Å². The van der Waals surface area contributed by atoms with Crippen LogP contribution in [0.5, 0.6) is 5.75 Å². The van der Waals surface area contributed by atoms with Crippen molar-refractivity contribution in [2.45, 2.75) is 25.8 Å². The molecule has 144 valence electrons. The number of amides is 1. The van der Waals surface area contributed by atoms with Gasteiger partial charge in [-0.1, -0.05) is 12.1 Å². The molecule has 1 aromatic heterocycles. The fraction of sp³-hybridized carbons (Fsp3) is 0.500. The SMILES string of the molecule is O=C(c1cn2c(n1)CCNCC2)N1CCCC(COc2ccccc2F)C1. The van der Waals surface area contributed by atoms with E-state index in [1.807, 2.05) is 11.1 Å². The Morgan fingerprint density at radius 2 is 2.19 bits per heavy atom. The van der Waals surface area contributed by atoms with E-state index in [9.17, 15) is 9.18 Å². The number of rotatable bonds is 4. The molecule has 4 rings (SSSR count). The van der Waals surface area contributed by atoms with Gasteiger partial charge in [-0.2, -0.15) is 0 Å². The van der Waals surface area contributed by atoms with E-state index >= 15 is 0 Å². The Balaban J connectivity index is 1.37. The Morgan fingerprint density at radius 3 is 3.07 bits per heavy atom. The van der Waals surface area contributed by atoms with Crippen molar-refractivity contribution >= 4 is 5.91 Å². The van der Waals surface area contributed by atoms with Gasteiger partial charge in [0.2, 0.25) is 0 Å². The molecule has 1 saturated heterocycles. The van der Waals surface area contributed by atoms with Gasteiger partial charge in [-0.05, 0) is 25.0 Å². The first-order valence-electron chi connectivity index (χ1n) is 9.64. The molecule has 6 nitrogen and oxygen atoms in total. The van der Waals surface area contributed by atoms with Crippen molar-refractivity contribution < 1.29 is 13.9 Å². The first kappa shape index (κ1) is 18.0. The van der Waals surface area contributed by atoms with Crippen molar-refractivity contribution in [3.8, 4) is 5.75 Å². The zero-order valence-electron chi connectivity index (χ0n) is 15.4. The predicted molar refractivity (Wildman–Crippen MR) is 99.3 cm³/mol. The molecule has 1 amide bonds. The molecule has 2 aliphatic heterocycles. The minimum Gasteiger partial charge on any atom is -0.490 e. The number of aromatic nitrogens is 2. The Morgan fingerprint density at radius 1 is 1.30 bits per heavy atom. The summed E-state index contributed by atoms with van der Waals surface area (Å²) in [6.45, 7) is 4.40. The van der Waals surface area contributed by atoms with Crippen LogP contribution in [0.3, 0.4) is 0 Å². The lowest BCUT2D eigenvalue weighted by molar-refractivity contribution is 0.0625. The third-order valence-electron chi connectivity index (χ3n) is 5.25. The molecule has 1 atom stereocenters. The number of hydrogen-bond donors (Lipinski definition) is 1. The summed E-state index contributed by atoms with van der Waals surface area (Å²) in [7, 11) is 0. The number of carbonyl (C=O) groups excluding carboxylic acids is 1. The summed E-state index contributed by atoms with van der Waals surface area (Å²) < 4.78 is 21.4. The molecule has 2 aromatic rings. The fourth-order valence-electron chi connectivity index (χ4n) is 3.79. The summed E-state index contributed by atoms with van der Waals surface area (Å²) in [6, 6.07) is 6.43. The zero-order chi connectivity index (χ0) is 18.6. The molecule has 0 radical (unpaired) electrons. The zero-order valence-corrected chi connectivity index (χ0v) is 15.4. The molecule has 1 aromatic carbocycles. The van der Waals surface area contributed by atoms with Crippen LogP contribution >= 0.6 is 0 Å². The number of halogens is 1. The largest absolute Gasteiger partial charge is 0.490 e. The number of para-hydroxylation sites is 1. The van der Waals surface area contributed by atoms with Crippen LogP contribution in [0.1, 0.15) is 29.2 Å². The smallest absolute Gasteiger partial charge is 0.274 e. The standard InChI is InChI=1S/C20H25FN4O2/c21-16-5-1-2-6-18(16)27-14-15-4-3-10-25(12-15)20(26)17-13-24-11-9-22-8-7-19(24)23-17/h1-2,5-6,13,15,22H,3-4,7-12,14H2. The topological polar surface area (TPSA) is 59.4 Å². The maximum atomic E-state index is 13.7. The van der Waals surface area contributed by atoms with Crippen LogP contribution in [0.15, 0.2) is 30.5 Å². The number of fused-ring (bicyclic) bond motifs is 1. The lowest BCUT2D eigenvalue weighted by Gasteiger charge is -2.32. The second-order valence-corrected chi connectivity index (χ2v) is 7.24. The van der Waals surface area contributed by atoms with Gasteiger partial charge < -0.3 is 19.5 Å². The fourth-order valence-corrected chi connectivity index (χ4v) is 3.79. The monoisotopic (exact) mass is 372 g/mol. The summed E-state index contributed by atoms with van der Waals surface area (Å²) >= 11 is 0. The van der Waals surface area contributed by atoms with Crippen LogP contribution in [0, 0.1) is 11.7 Å². The van der Waals surface area contributed by atoms with E-state index in [1.54, 1.807) is 18.2 Å². The van der Waals surface area contributed by atoms with Crippen LogP contribution in [0.4, 0.5) is 4.39 Å². The Hall–Kier alpha value is -2.41. The summed E-state index contributed by atoms with van der Waals surface area (Å²) in [6.07, 6.45) is 4.62. The molecule has 1 unspecified atom stereocenters. The maximum absolute atomic E-state index is 13.7. The normalized spacial score (nSPS) is 20.0. The van der Waals surface area contributed by atoms with E-state index in [2.05, 4.69) is 14.9 Å². The molecule has 0 saturated carbocycles. The number of imidazole rings is 1. The molecule has 2 aliphatic rings. The molecule has 27 heavy (non-hydrogen) atoms. The molecular weight excluding hydrogens is 347 g/mol. The number of ether oxygens (including phenoxy) is 1. The van der Waals surface area contributed by atoms with Crippen molar-refractivity contribution in [3.63, 3.8) is 0 Å². The van der Waals surface area contributed by atoms with E-state index in [-0.39, 0.29) is 23.4 Å². The highest BCUT2D eigenvalue weighted by molar-refractivity contribution is 5.92. The first-order chi connectivity index (χ1) is 13.2. The Kier molecular flexibility index (Phi) is 5.38. The van der Waals surface area contributed by atoms with Crippen LogP contribution in [0.2, 0.25) is 0 Å². The highest BCUT2D eigenvalue weighted by atomic mass is 19.1. The summed E-state index contributed by atoms with van der Waals surface area (Å²) in [5, 5.41) is 3.33. The number of carbonyl (C=O) groups is 1. The van der Waals surface area contributed by atoms with E-state index in [0.29, 0.717) is 18.8 Å². The lowest BCUT2D eigenvalue weighted by atomic mass is 9.98. The van der Waals surface area contributed by atoms with Crippen molar-refractivity contribution in [1.29, 1.82) is 0 Å². The molecule has 0 bridgehead atoms. The van der Waals surface area contributed by atoms with Gasteiger partial charge in [0.15, 0.2) is 11.6 Å². The molecule has 7 heteroatoms. The average molecular weight is 372 g/mol. The number of likely N-dealkylation sites (tertiary alicyclic amines) is 1. The Labute approximate surface area is 158 Å². The second kappa shape index (κ2) is 8.08. The second-order valence-electron chi connectivity index (χ2n) is 7.24. The summed E-state index contributed by atoms with van der Waals surface area (Å²) in [5.74, 6) is 1.08. The van der Waals surface area contributed by atoms with Crippen molar-refractivity contribution in [3.05, 3.63) is 47.8 Å². The van der Waals surface area contributed by atoms with Gasteiger partial charge >= 0.3 is 0 Å². The Bertz CT molecular complexity index is 784. The molecule has 1 N–H and O–H groups in total. The third-order valence-corrected chi connectivity index (χ3v) is 5.25. The van der Waals surface area contributed by atoms with Crippen molar-refractivity contribution in [2.24, 2.45) is 5.92 Å². The van der Waals surface area contributed by atoms with Crippen molar-refractivity contribution in [2.75, 3.05) is 32.8 Å². The molecule has 0 aliphatic carbocycles. The molecular formula is C20H25FN4O2. The third kappa shape index (κ3) is 4.13. The van der Waals surface area contributed by atoms with Gasteiger partial charge in [0.1, 0.15) is 11.5 Å². The van der Waals surface area contributed by atoms with Crippen LogP contribution in [-0.2, 0) is 13.0 Å². The van der Waals surface area contributed by atoms with Crippen molar-refractivity contribution in [1.82, 2.24) is 19.8 Å². The number of hydrogen-bond acceptors (Lipinski definition) is 4. The van der Waals surface area contributed by atoms with E-state index in [1.165, 1.54) is 6.07 Å². The van der Waals surface area contributed by atoms with Gasteiger partial charge in [-0.15, -0.1) is 0 Å². The van der Waals surface area contributed by atoms with E-state index < -0.39 is 0 Å². The summed E-state index contributed by atoms with van der Waals surface area (Å²) in [4.78, 5) is 19.3. The van der Waals surface area contributed by atoms with Crippen LogP contribution in [-0.4, -0.2) is 53.1 Å². The lowest BCUT2D eigenvalue weighted by Crippen LogP contribution is -2.41. The minimum absolute atomic E-state index is 0.0147. The number of nitrogens with zero attached hydrogens (tertiary/aromatic N) is 3. The molecule has 0 spiro atoms. The van der Waals surface area contributed by atoms with E-state index in [4.69, 9.17) is 4.74 Å². The highest BCUT2D eigenvalue weighted by Gasteiger charge is 2.27.